The third-order valence-corrected chi connectivity index (χ3v) is 6.86. The summed E-state index contributed by atoms with van der Waals surface area (Å²) in [6, 6.07) is 21.3. The van der Waals surface area contributed by atoms with Crippen LogP contribution < -0.4 is 5.56 Å². The van der Waals surface area contributed by atoms with Gasteiger partial charge in [0.1, 0.15) is 5.60 Å². The van der Waals surface area contributed by atoms with E-state index in [1.54, 1.807) is 28.8 Å². The number of amides is 1. The van der Waals surface area contributed by atoms with Gasteiger partial charge in [0.05, 0.1) is 6.04 Å². The molecule has 1 saturated heterocycles. The van der Waals surface area contributed by atoms with Crippen molar-refractivity contribution in [2.24, 2.45) is 7.05 Å². The van der Waals surface area contributed by atoms with Crippen molar-refractivity contribution in [1.29, 1.82) is 0 Å². The summed E-state index contributed by atoms with van der Waals surface area (Å²) in [5.41, 5.74) is 3.14. The van der Waals surface area contributed by atoms with Gasteiger partial charge in [0, 0.05) is 38.9 Å². The van der Waals surface area contributed by atoms with Crippen LogP contribution in [0.5, 0.6) is 0 Å². The van der Waals surface area contributed by atoms with Gasteiger partial charge in [-0.2, -0.15) is 0 Å². The molecule has 1 aliphatic heterocycles. The smallest absolute Gasteiger partial charge is 0.411 e. The molecule has 4 rings (SSSR count). The molecule has 6 heteroatoms. The molecule has 0 unspecified atom stereocenters. The molecule has 0 aliphatic carbocycles. The van der Waals surface area contributed by atoms with Crippen molar-refractivity contribution in [3.8, 4) is 11.1 Å². The van der Waals surface area contributed by atoms with E-state index in [1.807, 2.05) is 67.6 Å². The number of rotatable bonds is 8. The molecule has 1 N–H and O–H groups in total. The zero-order valence-corrected chi connectivity index (χ0v) is 19.8. The molecule has 0 spiro atoms. The third-order valence-electron chi connectivity index (χ3n) is 6.86. The van der Waals surface area contributed by atoms with Crippen LogP contribution >= 0.6 is 0 Å². The molecule has 1 aliphatic rings. The minimum Gasteiger partial charge on any atom is -0.438 e. The van der Waals surface area contributed by atoms with Gasteiger partial charge < -0.3 is 19.3 Å². The number of ether oxygens (including phenoxy) is 1. The van der Waals surface area contributed by atoms with Gasteiger partial charge in [-0.3, -0.25) is 4.79 Å². The first kappa shape index (κ1) is 23.8. The first-order valence-electron chi connectivity index (χ1n) is 11.9. The molecule has 0 radical (unpaired) electrons. The van der Waals surface area contributed by atoms with Gasteiger partial charge in [-0.05, 0) is 54.5 Å². The van der Waals surface area contributed by atoms with E-state index in [2.05, 4.69) is 0 Å². The van der Waals surface area contributed by atoms with Crippen molar-refractivity contribution in [1.82, 2.24) is 9.47 Å². The molecular formula is C28H32N2O4. The zero-order valence-electron chi connectivity index (χ0n) is 19.8. The van der Waals surface area contributed by atoms with Gasteiger partial charge >= 0.3 is 6.09 Å². The lowest BCUT2D eigenvalue weighted by molar-refractivity contribution is -0.0669. The highest BCUT2D eigenvalue weighted by atomic mass is 16.6. The maximum atomic E-state index is 13.2. The molecule has 2 atom stereocenters. The van der Waals surface area contributed by atoms with Crippen LogP contribution in [0.15, 0.2) is 77.7 Å². The van der Waals surface area contributed by atoms with Crippen molar-refractivity contribution in [3.63, 3.8) is 0 Å². The fourth-order valence-electron chi connectivity index (χ4n) is 4.67. The van der Waals surface area contributed by atoms with Gasteiger partial charge in [0.25, 0.3) is 5.56 Å². The second-order valence-corrected chi connectivity index (χ2v) is 9.01. The fourth-order valence-corrected chi connectivity index (χ4v) is 4.67. The number of aliphatic hydroxyl groups excluding tert-OH is 1. The number of carbonyl (C=O) groups excluding carboxylic acids is 1. The number of cyclic esters (lactones) is 1. The van der Waals surface area contributed by atoms with Crippen LogP contribution in [0.2, 0.25) is 0 Å². The summed E-state index contributed by atoms with van der Waals surface area (Å²) < 4.78 is 7.69. The molecule has 2 aromatic carbocycles. The lowest BCUT2D eigenvalue weighted by atomic mass is 9.84. The number of pyridine rings is 1. The van der Waals surface area contributed by atoms with Crippen molar-refractivity contribution >= 4 is 6.09 Å². The van der Waals surface area contributed by atoms with Gasteiger partial charge in [-0.1, -0.05) is 54.6 Å². The van der Waals surface area contributed by atoms with Gasteiger partial charge in [0.15, 0.2) is 0 Å². The standard InChI is InChI=1S/C28H32N2O4/c1-21(22-10-12-23(13-11-22)24-14-17-29(2)26(32)20-24)30-18-16-28(34-27(30)33,15-6-7-19-31)25-8-4-3-5-9-25/h3-5,8-14,17,20-21,31H,6-7,15-16,18-19H2,1-2H3/t21-,28+/m0/s1. The predicted molar refractivity (Wildman–Crippen MR) is 132 cm³/mol. The predicted octanol–water partition coefficient (Wildman–Crippen LogP) is 5.01. The normalized spacial score (nSPS) is 19.0. The number of nitrogens with zero attached hydrogens (tertiary/aromatic N) is 2. The number of hydrogen-bond donors (Lipinski definition) is 1. The Morgan fingerprint density at radius 3 is 2.38 bits per heavy atom. The molecular weight excluding hydrogens is 428 g/mol. The maximum Gasteiger partial charge on any atom is 0.411 e. The van der Waals surface area contributed by atoms with E-state index in [-0.39, 0.29) is 24.3 Å². The van der Waals surface area contributed by atoms with Crippen molar-refractivity contribution in [2.45, 2.75) is 44.2 Å². The van der Waals surface area contributed by atoms with Crippen LogP contribution in [0.1, 0.15) is 49.8 Å². The van der Waals surface area contributed by atoms with Crippen LogP contribution in [0, 0.1) is 0 Å². The minimum atomic E-state index is -0.660. The van der Waals surface area contributed by atoms with Crippen molar-refractivity contribution in [3.05, 3.63) is 94.4 Å². The summed E-state index contributed by atoms with van der Waals surface area (Å²) >= 11 is 0. The highest BCUT2D eigenvalue weighted by molar-refractivity contribution is 5.70. The Kier molecular flexibility index (Phi) is 7.17. The molecule has 0 saturated carbocycles. The van der Waals surface area contributed by atoms with Gasteiger partial charge in [-0.15, -0.1) is 0 Å². The molecule has 1 fully saturated rings. The van der Waals surface area contributed by atoms with E-state index in [0.717, 1.165) is 28.7 Å². The van der Waals surface area contributed by atoms with Crippen molar-refractivity contribution in [2.75, 3.05) is 13.2 Å². The van der Waals surface area contributed by atoms with E-state index >= 15 is 0 Å². The van der Waals surface area contributed by atoms with E-state index in [0.29, 0.717) is 25.8 Å². The van der Waals surface area contributed by atoms with Gasteiger partial charge in [0.2, 0.25) is 0 Å². The average Bonchev–Trinajstić information content (AvgIpc) is 2.86. The van der Waals surface area contributed by atoms with Crippen LogP contribution in [0.3, 0.4) is 0 Å². The second-order valence-electron chi connectivity index (χ2n) is 9.01. The second kappa shape index (κ2) is 10.3. The highest BCUT2D eigenvalue weighted by Gasteiger charge is 2.43. The Morgan fingerprint density at radius 1 is 1.00 bits per heavy atom. The SMILES string of the molecule is C[C@@H](c1ccc(-c2ccn(C)c(=O)c2)cc1)N1CC[C@](CCCCO)(c2ccccc2)OC1=O. The van der Waals surface area contributed by atoms with Crippen LogP contribution in [0.25, 0.3) is 11.1 Å². The Labute approximate surface area is 200 Å². The van der Waals surface area contributed by atoms with E-state index in [9.17, 15) is 14.7 Å². The Hall–Kier alpha value is -3.38. The summed E-state index contributed by atoms with van der Waals surface area (Å²) in [5, 5.41) is 9.23. The number of unbranched alkanes of at least 4 members (excludes halogenated alkanes) is 1. The third kappa shape index (κ3) is 4.92. The quantitative estimate of drug-likeness (QED) is 0.480. The van der Waals surface area contributed by atoms with Crippen LogP contribution in [-0.2, 0) is 17.4 Å². The molecule has 1 amide bonds. The molecule has 178 valence electrons. The van der Waals surface area contributed by atoms with Crippen molar-refractivity contribution < 1.29 is 14.6 Å². The summed E-state index contributed by atoms with van der Waals surface area (Å²) in [6.45, 7) is 2.73. The number of benzene rings is 2. The number of carbonyl (C=O) groups is 1. The summed E-state index contributed by atoms with van der Waals surface area (Å²) in [5.74, 6) is 0. The highest BCUT2D eigenvalue weighted by Crippen LogP contribution is 2.40. The number of hydrogen-bond acceptors (Lipinski definition) is 4. The molecule has 34 heavy (non-hydrogen) atoms. The average molecular weight is 461 g/mol. The largest absolute Gasteiger partial charge is 0.438 e. The fraction of sp³-hybridized carbons (Fsp3) is 0.357. The Morgan fingerprint density at radius 2 is 1.74 bits per heavy atom. The molecule has 6 nitrogen and oxygen atoms in total. The van der Waals surface area contributed by atoms with Crippen LogP contribution in [0.4, 0.5) is 4.79 Å². The number of aromatic nitrogens is 1. The lowest BCUT2D eigenvalue weighted by Crippen LogP contribution is -2.48. The summed E-state index contributed by atoms with van der Waals surface area (Å²) in [4.78, 5) is 26.9. The van der Waals surface area contributed by atoms with E-state index in [1.165, 1.54) is 0 Å². The van der Waals surface area contributed by atoms with E-state index in [4.69, 9.17) is 4.74 Å². The minimum absolute atomic E-state index is 0.0492. The van der Waals surface area contributed by atoms with Gasteiger partial charge in [-0.25, -0.2) is 4.79 Å². The molecule has 1 aromatic heterocycles. The van der Waals surface area contributed by atoms with E-state index < -0.39 is 5.60 Å². The molecule has 0 bridgehead atoms. The first-order chi connectivity index (χ1) is 16.4. The lowest BCUT2D eigenvalue weighted by Gasteiger charge is -2.43. The number of aliphatic hydroxyl groups is 1. The molecule has 3 aromatic rings. The topological polar surface area (TPSA) is 71.8 Å². The van der Waals surface area contributed by atoms with Crippen LogP contribution in [-0.4, -0.2) is 33.8 Å². The Balaban J connectivity index is 1.50. The molecule has 2 heterocycles. The summed E-state index contributed by atoms with van der Waals surface area (Å²) in [7, 11) is 1.73. The maximum absolute atomic E-state index is 13.2. The monoisotopic (exact) mass is 460 g/mol. The zero-order chi connectivity index (χ0) is 24.1. The summed E-state index contributed by atoms with van der Waals surface area (Å²) in [6.07, 6.45) is 4.31. The number of aryl methyl sites for hydroxylation is 1. The Bertz CT molecular complexity index is 1170. The first-order valence-corrected chi connectivity index (χ1v) is 11.9.